The molecule has 1 rings (SSSR count). The Morgan fingerprint density at radius 2 is 1.62 bits per heavy atom. The Labute approximate surface area is 196 Å². The first-order valence-electron chi connectivity index (χ1n) is 10.8. The summed E-state index contributed by atoms with van der Waals surface area (Å²) in [6.45, 7) is 3.02. The number of phenols is 1. The lowest BCUT2D eigenvalue weighted by Gasteiger charge is -2.25. The number of amides is 3. The highest BCUT2D eigenvalue weighted by molar-refractivity contribution is 5.92. The topological polar surface area (TPSA) is 208 Å². The van der Waals surface area contributed by atoms with Gasteiger partial charge in [-0.05, 0) is 30.0 Å². The molecule has 1 aromatic carbocycles. The second-order valence-corrected chi connectivity index (χ2v) is 7.96. The van der Waals surface area contributed by atoms with Crippen LogP contribution in [-0.2, 0) is 30.4 Å². The van der Waals surface area contributed by atoms with Crippen molar-refractivity contribution in [3.63, 3.8) is 0 Å². The van der Waals surface area contributed by atoms with Crippen LogP contribution in [0.1, 0.15) is 38.7 Å². The molecule has 0 aliphatic heterocycles. The number of aliphatic carboxylic acids is 2. The van der Waals surface area contributed by atoms with Crippen molar-refractivity contribution < 1.29 is 39.3 Å². The smallest absolute Gasteiger partial charge is 0.326 e. The van der Waals surface area contributed by atoms with E-state index in [4.69, 9.17) is 10.8 Å². The monoisotopic (exact) mass is 480 g/mol. The van der Waals surface area contributed by atoms with Gasteiger partial charge in [0.05, 0.1) is 12.6 Å². The summed E-state index contributed by atoms with van der Waals surface area (Å²) in [4.78, 5) is 59.3. The molecule has 0 aliphatic rings. The number of aromatic hydroxyl groups is 1. The SMILES string of the molecule is CCC(C)C(NC(=O)CNC(=O)C(N)CCC(=O)O)C(=O)NC(Cc1ccc(O)cc1)C(=O)O. The average molecular weight is 481 g/mol. The Kier molecular flexibility index (Phi) is 11.5. The van der Waals surface area contributed by atoms with E-state index in [1.54, 1.807) is 13.8 Å². The lowest BCUT2D eigenvalue weighted by Crippen LogP contribution is -2.56. The van der Waals surface area contributed by atoms with Crippen LogP contribution >= 0.6 is 0 Å². The van der Waals surface area contributed by atoms with Crippen LogP contribution in [0.3, 0.4) is 0 Å². The lowest BCUT2D eigenvalue weighted by atomic mass is 9.97. The zero-order valence-electron chi connectivity index (χ0n) is 19.1. The highest BCUT2D eigenvalue weighted by atomic mass is 16.4. The van der Waals surface area contributed by atoms with Crippen LogP contribution in [0.25, 0.3) is 0 Å². The highest BCUT2D eigenvalue weighted by Crippen LogP contribution is 2.13. The minimum absolute atomic E-state index is 0.0224. The molecule has 0 heterocycles. The van der Waals surface area contributed by atoms with E-state index in [9.17, 15) is 34.2 Å². The average Bonchev–Trinajstić information content (AvgIpc) is 2.79. The number of carboxylic acids is 2. The summed E-state index contributed by atoms with van der Waals surface area (Å²) >= 11 is 0. The fourth-order valence-corrected chi connectivity index (χ4v) is 2.96. The normalized spacial score (nSPS) is 14.2. The van der Waals surface area contributed by atoms with Crippen LogP contribution in [0.4, 0.5) is 0 Å². The Morgan fingerprint density at radius 1 is 1.00 bits per heavy atom. The van der Waals surface area contributed by atoms with Gasteiger partial charge in [-0.2, -0.15) is 0 Å². The summed E-state index contributed by atoms with van der Waals surface area (Å²) in [6.07, 6.45) is 0.0670. The molecule has 0 aliphatic carbocycles. The molecule has 0 bridgehead atoms. The molecule has 34 heavy (non-hydrogen) atoms. The molecule has 12 heteroatoms. The number of hydrogen-bond donors (Lipinski definition) is 7. The van der Waals surface area contributed by atoms with Crippen LogP contribution < -0.4 is 21.7 Å². The molecular formula is C22H32N4O8. The third-order valence-corrected chi connectivity index (χ3v) is 5.23. The zero-order valence-corrected chi connectivity index (χ0v) is 19.1. The molecule has 4 atom stereocenters. The predicted molar refractivity (Wildman–Crippen MR) is 121 cm³/mol. The number of nitrogens with one attached hydrogen (secondary N) is 3. The maximum atomic E-state index is 12.8. The Balaban J connectivity index is 2.75. The number of phenolic OH excluding ortho intramolecular Hbond substituents is 1. The van der Waals surface area contributed by atoms with E-state index >= 15 is 0 Å². The number of carboxylic acid groups (broad SMARTS) is 2. The second-order valence-electron chi connectivity index (χ2n) is 7.96. The Bertz CT molecular complexity index is 874. The van der Waals surface area contributed by atoms with Crippen LogP contribution in [0.2, 0.25) is 0 Å². The van der Waals surface area contributed by atoms with Gasteiger partial charge in [0.25, 0.3) is 0 Å². The van der Waals surface area contributed by atoms with Gasteiger partial charge < -0.3 is 37.0 Å². The summed E-state index contributed by atoms with van der Waals surface area (Å²) in [6, 6.07) is 2.45. The molecule has 4 unspecified atom stereocenters. The van der Waals surface area contributed by atoms with E-state index in [1.807, 2.05) is 0 Å². The van der Waals surface area contributed by atoms with Crippen LogP contribution in [0, 0.1) is 5.92 Å². The number of benzene rings is 1. The Morgan fingerprint density at radius 3 is 2.15 bits per heavy atom. The van der Waals surface area contributed by atoms with Crippen LogP contribution in [0.15, 0.2) is 24.3 Å². The fraction of sp³-hybridized carbons (Fsp3) is 0.500. The molecule has 0 fully saturated rings. The molecule has 0 radical (unpaired) electrons. The van der Waals surface area contributed by atoms with Gasteiger partial charge in [-0.25, -0.2) is 4.79 Å². The molecule has 0 saturated heterocycles. The van der Waals surface area contributed by atoms with Crippen LogP contribution in [0.5, 0.6) is 5.75 Å². The molecule has 0 saturated carbocycles. The number of carbonyl (C=O) groups excluding carboxylic acids is 3. The van der Waals surface area contributed by atoms with E-state index in [0.29, 0.717) is 12.0 Å². The van der Waals surface area contributed by atoms with Crippen molar-refractivity contribution >= 4 is 29.7 Å². The van der Waals surface area contributed by atoms with E-state index in [0.717, 1.165) is 0 Å². The largest absolute Gasteiger partial charge is 0.508 e. The maximum Gasteiger partial charge on any atom is 0.326 e. The highest BCUT2D eigenvalue weighted by Gasteiger charge is 2.30. The third kappa shape index (κ3) is 9.86. The minimum atomic E-state index is -1.27. The first kappa shape index (κ1) is 28.4. The maximum absolute atomic E-state index is 12.8. The molecule has 1 aromatic rings. The summed E-state index contributed by atoms with van der Waals surface area (Å²) in [7, 11) is 0. The fourth-order valence-electron chi connectivity index (χ4n) is 2.96. The quantitative estimate of drug-likeness (QED) is 0.180. The number of nitrogens with two attached hydrogens (primary N) is 1. The van der Waals surface area contributed by atoms with Gasteiger partial charge in [-0.15, -0.1) is 0 Å². The van der Waals surface area contributed by atoms with Crippen molar-refractivity contribution in [2.45, 2.75) is 57.7 Å². The van der Waals surface area contributed by atoms with Gasteiger partial charge in [0.1, 0.15) is 17.8 Å². The first-order chi connectivity index (χ1) is 15.9. The molecule has 0 spiro atoms. The number of hydrogen-bond acceptors (Lipinski definition) is 7. The van der Waals surface area contributed by atoms with Crippen molar-refractivity contribution in [3.8, 4) is 5.75 Å². The molecular weight excluding hydrogens is 448 g/mol. The molecule has 188 valence electrons. The summed E-state index contributed by atoms with van der Waals surface area (Å²) in [5.74, 6) is -4.79. The van der Waals surface area contributed by atoms with Crippen molar-refractivity contribution in [2.75, 3.05) is 6.54 Å². The summed E-state index contributed by atoms with van der Waals surface area (Å²) in [5, 5.41) is 34.8. The molecule has 8 N–H and O–H groups in total. The van der Waals surface area contributed by atoms with Crippen LogP contribution in [-0.4, -0.2) is 69.7 Å². The van der Waals surface area contributed by atoms with E-state index in [1.165, 1.54) is 24.3 Å². The molecule has 3 amide bonds. The molecule has 12 nitrogen and oxygen atoms in total. The van der Waals surface area contributed by atoms with E-state index in [2.05, 4.69) is 16.0 Å². The lowest BCUT2D eigenvalue weighted by molar-refractivity contribution is -0.142. The van der Waals surface area contributed by atoms with Crippen molar-refractivity contribution in [2.24, 2.45) is 11.7 Å². The standard InChI is InChI=1S/C22H32N4O8/c1-3-12(2)19(26-17(28)11-24-20(31)15(23)8-9-18(29)30)21(32)25-16(22(33)34)10-13-4-6-14(27)7-5-13/h4-7,12,15-16,19,27H,3,8-11,23H2,1-2H3,(H,24,31)(H,25,32)(H,26,28)(H,29,30)(H,33,34). The van der Waals surface area contributed by atoms with Crippen molar-refractivity contribution in [1.29, 1.82) is 0 Å². The number of rotatable bonds is 14. The van der Waals surface area contributed by atoms with Gasteiger partial charge in [0.2, 0.25) is 17.7 Å². The molecule has 0 aromatic heterocycles. The van der Waals surface area contributed by atoms with Crippen molar-refractivity contribution in [3.05, 3.63) is 29.8 Å². The Hall–Kier alpha value is -3.67. The summed E-state index contributed by atoms with van der Waals surface area (Å²) in [5.41, 5.74) is 6.17. The third-order valence-electron chi connectivity index (χ3n) is 5.23. The second kappa shape index (κ2) is 13.8. The van der Waals surface area contributed by atoms with Gasteiger partial charge in [0.15, 0.2) is 0 Å². The minimum Gasteiger partial charge on any atom is -0.508 e. The predicted octanol–water partition coefficient (Wildman–Crippen LogP) is -0.657. The van der Waals surface area contributed by atoms with Crippen molar-refractivity contribution in [1.82, 2.24) is 16.0 Å². The van der Waals surface area contributed by atoms with E-state index in [-0.39, 0.29) is 30.9 Å². The van der Waals surface area contributed by atoms with E-state index < -0.39 is 54.3 Å². The zero-order chi connectivity index (χ0) is 25.8. The summed E-state index contributed by atoms with van der Waals surface area (Å²) < 4.78 is 0. The van der Waals surface area contributed by atoms with Gasteiger partial charge in [-0.3, -0.25) is 19.2 Å². The number of carbonyl (C=O) groups is 5. The van der Waals surface area contributed by atoms with Gasteiger partial charge in [-0.1, -0.05) is 32.4 Å². The van der Waals surface area contributed by atoms with Gasteiger partial charge in [0, 0.05) is 12.8 Å². The first-order valence-corrected chi connectivity index (χ1v) is 10.8. The van der Waals surface area contributed by atoms with Gasteiger partial charge >= 0.3 is 11.9 Å².